The summed E-state index contributed by atoms with van der Waals surface area (Å²) in [6.45, 7) is 3.39. The van der Waals surface area contributed by atoms with Gasteiger partial charge in [-0.05, 0) is 56.4 Å². The third-order valence-electron chi connectivity index (χ3n) is 5.96. The van der Waals surface area contributed by atoms with Crippen LogP contribution in [0.15, 0.2) is 18.2 Å². The van der Waals surface area contributed by atoms with E-state index in [9.17, 15) is 14.0 Å². The highest BCUT2D eigenvalue weighted by Crippen LogP contribution is 2.31. The number of carbonyl (C=O) groups is 2. The van der Waals surface area contributed by atoms with Gasteiger partial charge in [0.1, 0.15) is 5.82 Å². The monoisotopic (exact) mass is 401 g/mol. The maximum absolute atomic E-state index is 13.8. The Balaban J connectivity index is 1.43. The van der Waals surface area contributed by atoms with Gasteiger partial charge < -0.3 is 25.4 Å². The van der Waals surface area contributed by atoms with Gasteiger partial charge in [0, 0.05) is 42.8 Å². The van der Waals surface area contributed by atoms with Crippen molar-refractivity contribution in [1.29, 1.82) is 0 Å². The summed E-state index contributed by atoms with van der Waals surface area (Å²) in [7, 11) is 1.63. The molecule has 2 fully saturated rings. The fraction of sp³-hybridized carbons (Fsp3) is 0.524. The number of rotatable bonds is 4. The number of carbonyl (C=O) groups excluding carboxylic acids is 2. The van der Waals surface area contributed by atoms with Crippen LogP contribution in [0.4, 0.5) is 14.0 Å². The number of hydrogen-bond donors (Lipinski definition) is 3. The number of aromatic nitrogens is 1. The van der Waals surface area contributed by atoms with Crippen molar-refractivity contribution in [2.24, 2.45) is 0 Å². The van der Waals surface area contributed by atoms with Gasteiger partial charge in [-0.1, -0.05) is 0 Å². The number of aryl methyl sites for hydroxylation is 1. The first-order valence-electron chi connectivity index (χ1n) is 10.3. The van der Waals surface area contributed by atoms with Crippen LogP contribution in [-0.4, -0.2) is 59.1 Å². The van der Waals surface area contributed by atoms with E-state index in [-0.39, 0.29) is 30.0 Å². The van der Waals surface area contributed by atoms with Crippen molar-refractivity contribution < 1.29 is 14.0 Å². The normalized spacial score (nSPS) is 19.3. The molecular weight excluding hydrogens is 373 g/mol. The number of fused-ring (bicyclic) bond motifs is 1. The molecule has 1 atom stereocenters. The van der Waals surface area contributed by atoms with Gasteiger partial charge in [0.25, 0.3) is 0 Å². The van der Waals surface area contributed by atoms with E-state index >= 15 is 0 Å². The molecule has 2 aliphatic rings. The second-order valence-corrected chi connectivity index (χ2v) is 8.02. The molecule has 3 N–H and O–H groups in total. The first-order valence-corrected chi connectivity index (χ1v) is 10.3. The van der Waals surface area contributed by atoms with E-state index < -0.39 is 0 Å². The Labute approximate surface area is 169 Å². The number of nitrogens with zero attached hydrogens (tertiary/aromatic N) is 2. The molecule has 1 saturated carbocycles. The highest BCUT2D eigenvalue weighted by molar-refractivity contribution is 5.84. The van der Waals surface area contributed by atoms with Crippen molar-refractivity contribution in [3.8, 4) is 0 Å². The van der Waals surface area contributed by atoms with Crippen LogP contribution in [0, 0.1) is 12.7 Å². The van der Waals surface area contributed by atoms with Gasteiger partial charge in [0.15, 0.2) is 0 Å². The number of hydrogen-bond acceptors (Lipinski definition) is 2. The third-order valence-corrected chi connectivity index (χ3v) is 5.96. The maximum atomic E-state index is 13.8. The highest BCUT2D eigenvalue weighted by Gasteiger charge is 2.39. The largest absolute Gasteiger partial charge is 0.357 e. The molecule has 0 bridgehead atoms. The molecule has 4 rings (SSSR count). The molecule has 1 aromatic carbocycles. The number of aromatic amines is 1. The Kier molecular flexibility index (Phi) is 5.34. The van der Waals surface area contributed by atoms with Gasteiger partial charge in [0.2, 0.25) is 0 Å². The predicted octanol–water partition coefficient (Wildman–Crippen LogP) is 3.09. The minimum atomic E-state index is -0.232. The summed E-state index contributed by atoms with van der Waals surface area (Å²) in [5.41, 5.74) is 2.31. The number of H-pyrrole nitrogens is 1. The van der Waals surface area contributed by atoms with E-state index in [0.29, 0.717) is 18.7 Å². The molecule has 1 saturated heterocycles. The molecule has 1 aromatic heterocycles. The predicted molar refractivity (Wildman–Crippen MR) is 109 cm³/mol. The average molecular weight is 401 g/mol. The van der Waals surface area contributed by atoms with E-state index in [2.05, 4.69) is 15.6 Å². The molecule has 29 heavy (non-hydrogen) atoms. The maximum Gasteiger partial charge on any atom is 0.318 e. The van der Waals surface area contributed by atoms with Crippen molar-refractivity contribution in [2.75, 3.05) is 20.1 Å². The van der Waals surface area contributed by atoms with E-state index in [4.69, 9.17) is 0 Å². The molecule has 1 aliphatic heterocycles. The smallest absolute Gasteiger partial charge is 0.318 e. The van der Waals surface area contributed by atoms with Crippen LogP contribution in [-0.2, 0) is 6.54 Å². The Morgan fingerprint density at radius 3 is 2.79 bits per heavy atom. The van der Waals surface area contributed by atoms with E-state index in [1.54, 1.807) is 24.9 Å². The lowest BCUT2D eigenvalue weighted by Crippen LogP contribution is -2.56. The van der Waals surface area contributed by atoms with Crippen LogP contribution in [0.5, 0.6) is 0 Å². The van der Waals surface area contributed by atoms with Crippen molar-refractivity contribution in [2.45, 2.75) is 51.2 Å². The van der Waals surface area contributed by atoms with Gasteiger partial charge in [0.05, 0.1) is 12.6 Å². The van der Waals surface area contributed by atoms with Crippen LogP contribution in [0.1, 0.15) is 36.9 Å². The molecule has 0 unspecified atom stereocenters. The zero-order valence-electron chi connectivity index (χ0n) is 16.9. The number of nitrogens with one attached hydrogen (secondary N) is 3. The summed E-state index contributed by atoms with van der Waals surface area (Å²) >= 11 is 0. The van der Waals surface area contributed by atoms with Gasteiger partial charge in [-0.2, -0.15) is 0 Å². The van der Waals surface area contributed by atoms with Gasteiger partial charge in [-0.25, -0.2) is 14.0 Å². The Hall–Kier alpha value is -2.77. The lowest BCUT2D eigenvalue weighted by Gasteiger charge is -2.39. The van der Waals surface area contributed by atoms with Crippen molar-refractivity contribution >= 4 is 23.0 Å². The molecule has 8 heteroatoms. The zero-order chi connectivity index (χ0) is 20.5. The summed E-state index contributed by atoms with van der Waals surface area (Å²) in [4.78, 5) is 32.0. The first kappa shape index (κ1) is 19.5. The zero-order valence-corrected chi connectivity index (χ0v) is 16.9. The molecule has 2 aromatic rings. The Morgan fingerprint density at radius 1 is 1.28 bits per heavy atom. The number of amides is 4. The SMILES string of the molecule is CNC(=O)N1CCC[C@@H](N(C(=O)NCc2cc3c(C)c(F)ccc3[nH]2)C2CC2)C1. The van der Waals surface area contributed by atoms with Crippen LogP contribution < -0.4 is 10.6 Å². The second kappa shape index (κ2) is 7.93. The van der Waals surface area contributed by atoms with E-state index in [0.717, 1.165) is 48.8 Å². The quantitative estimate of drug-likeness (QED) is 0.736. The molecule has 2 heterocycles. The number of benzene rings is 1. The highest BCUT2D eigenvalue weighted by atomic mass is 19.1. The Bertz CT molecular complexity index is 923. The topological polar surface area (TPSA) is 80.5 Å². The van der Waals surface area contributed by atoms with Crippen LogP contribution >= 0.6 is 0 Å². The van der Waals surface area contributed by atoms with Crippen LogP contribution in [0.2, 0.25) is 0 Å². The summed E-state index contributed by atoms with van der Waals surface area (Å²) in [6, 6.07) is 5.16. The molecule has 4 amide bonds. The van der Waals surface area contributed by atoms with Crippen molar-refractivity contribution in [3.05, 3.63) is 35.3 Å². The minimum Gasteiger partial charge on any atom is -0.357 e. The fourth-order valence-electron chi connectivity index (χ4n) is 4.24. The molecule has 7 nitrogen and oxygen atoms in total. The summed E-state index contributed by atoms with van der Waals surface area (Å²) in [6.07, 6.45) is 3.81. The summed E-state index contributed by atoms with van der Waals surface area (Å²) in [5.74, 6) is -0.232. The van der Waals surface area contributed by atoms with E-state index in [1.807, 2.05) is 11.0 Å². The summed E-state index contributed by atoms with van der Waals surface area (Å²) < 4.78 is 13.8. The molecule has 0 radical (unpaired) electrons. The molecule has 1 aliphatic carbocycles. The van der Waals surface area contributed by atoms with E-state index in [1.165, 1.54) is 6.07 Å². The molecular formula is C21H28FN5O2. The van der Waals surface area contributed by atoms with Crippen molar-refractivity contribution in [3.63, 3.8) is 0 Å². The lowest BCUT2D eigenvalue weighted by molar-refractivity contribution is 0.116. The number of likely N-dealkylation sites (tertiary alicyclic amines) is 1. The van der Waals surface area contributed by atoms with Crippen LogP contribution in [0.3, 0.4) is 0 Å². The second-order valence-electron chi connectivity index (χ2n) is 8.02. The molecule has 0 spiro atoms. The van der Waals surface area contributed by atoms with Gasteiger partial charge >= 0.3 is 12.1 Å². The Morgan fingerprint density at radius 2 is 2.07 bits per heavy atom. The average Bonchev–Trinajstić information content (AvgIpc) is 3.47. The summed E-state index contributed by atoms with van der Waals surface area (Å²) in [5, 5.41) is 6.52. The van der Waals surface area contributed by atoms with Gasteiger partial charge in [-0.3, -0.25) is 0 Å². The fourth-order valence-corrected chi connectivity index (χ4v) is 4.24. The number of urea groups is 2. The molecule has 156 valence electrons. The first-order chi connectivity index (χ1) is 14.0. The minimum absolute atomic E-state index is 0.0348. The third kappa shape index (κ3) is 4.02. The van der Waals surface area contributed by atoms with Crippen molar-refractivity contribution in [1.82, 2.24) is 25.4 Å². The standard InChI is InChI=1S/C21H28FN5O2/c1-13-17-10-14(25-19(17)8-7-18(13)22)11-24-21(29)27(15-5-6-15)16-4-3-9-26(12-16)20(28)23-2/h7-8,10,15-16,25H,3-6,9,11-12H2,1-2H3,(H,23,28)(H,24,29)/t16-/m1/s1. The lowest BCUT2D eigenvalue weighted by atomic mass is 10.0. The number of halogens is 1. The van der Waals surface area contributed by atoms with Crippen LogP contribution in [0.25, 0.3) is 10.9 Å². The number of piperidine rings is 1. The van der Waals surface area contributed by atoms with Gasteiger partial charge in [-0.15, -0.1) is 0 Å².